The number of nitrogens with zero attached hydrogens (tertiary/aromatic N) is 3. The maximum atomic E-state index is 13.7. The van der Waals surface area contributed by atoms with Gasteiger partial charge in [0.05, 0.1) is 6.54 Å². The molecule has 2 heterocycles. The van der Waals surface area contributed by atoms with Gasteiger partial charge in [0.25, 0.3) is 0 Å². The third-order valence-corrected chi connectivity index (χ3v) is 4.90. The molecule has 1 unspecified atom stereocenters. The zero-order chi connectivity index (χ0) is 20.5. The quantitative estimate of drug-likeness (QED) is 0.325. The minimum Gasteiger partial charge on any atom is -0.486 e. The minimum atomic E-state index is -0.357. The Kier molecular flexibility index (Phi) is 10.1. The average molecular weight is 527 g/mol. The van der Waals surface area contributed by atoms with Gasteiger partial charge >= 0.3 is 0 Å². The number of hydrogen-bond donors (Lipinski definition) is 2. The van der Waals surface area contributed by atoms with E-state index in [4.69, 9.17) is 4.74 Å². The van der Waals surface area contributed by atoms with Crippen LogP contribution in [0.1, 0.15) is 31.7 Å². The van der Waals surface area contributed by atoms with E-state index in [1.165, 1.54) is 25.3 Å². The van der Waals surface area contributed by atoms with Crippen molar-refractivity contribution in [2.45, 2.75) is 38.8 Å². The number of aromatic nitrogens is 1. The van der Waals surface area contributed by atoms with Crippen molar-refractivity contribution in [2.24, 2.45) is 4.99 Å². The van der Waals surface area contributed by atoms with Crippen LogP contribution in [0, 0.1) is 5.82 Å². The third kappa shape index (κ3) is 7.30. The molecule has 0 bridgehead atoms. The first kappa shape index (κ1) is 24.2. The molecule has 1 aliphatic heterocycles. The monoisotopic (exact) mass is 527 g/mol. The Morgan fingerprint density at radius 1 is 1.20 bits per heavy atom. The number of aliphatic imine (C=N–C) groups is 1. The lowest BCUT2D eigenvalue weighted by molar-refractivity contribution is 0.214. The predicted octanol–water partition coefficient (Wildman–Crippen LogP) is 3.96. The number of hydrogen-bond acceptors (Lipinski definition) is 4. The average Bonchev–Trinajstić information content (AvgIpc) is 2.76. The number of pyridine rings is 1. The van der Waals surface area contributed by atoms with Crippen LogP contribution in [-0.4, -0.2) is 43.7 Å². The summed E-state index contributed by atoms with van der Waals surface area (Å²) in [5.74, 6) is 1.61. The fraction of sp³-hybridized carbons (Fsp3) is 0.455. The maximum Gasteiger partial charge on any atom is 0.191 e. The molecule has 0 radical (unpaired) electrons. The summed E-state index contributed by atoms with van der Waals surface area (Å²) in [5.41, 5.74) is 1.15. The SMILES string of the molecule is CN=C(NCc1ccnc(N2CCCCC2)c1)NCC(C)Oc1ccccc1F.I. The summed E-state index contributed by atoms with van der Waals surface area (Å²) in [4.78, 5) is 11.1. The highest BCUT2D eigenvalue weighted by Gasteiger charge is 2.13. The van der Waals surface area contributed by atoms with Gasteiger partial charge in [-0.3, -0.25) is 4.99 Å². The van der Waals surface area contributed by atoms with Crippen LogP contribution >= 0.6 is 24.0 Å². The van der Waals surface area contributed by atoms with E-state index in [0.29, 0.717) is 19.0 Å². The lowest BCUT2D eigenvalue weighted by atomic mass is 10.1. The lowest BCUT2D eigenvalue weighted by Gasteiger charge is -2.28. The van der Waals surface area contributed by atoms with E-state index >= 15 is 0 Å². The van der Waals surface area contributed by atoms with E-state index in [1.807, 2.05) is 19.2 Å². The molecule has 8 heteroatoms. The van der Waals surface area contributed by atoms with Crippen molar-refractivity contribution in [3.05, 3.63) is 54.0 Å². The molecule has 1 fully saturated rings. The third-order valence-electron chi connectivity index (χ3n) is 4.90. The second-order valence-corrected chi connectivity index (χ2v) is 7.24. The molecule has 1 atom stereocenters. The molecule has 0 aliphatic carbocycles. The number of para-hydroxylation sites is 1. The fourth-order valence-corrected chi connectivity index (χ4v) is 3.31. The van der Waals surface area contributed by atoms with Gasteiger partial charge in [-0.15, -0.1) is 24.0 Å². The Morgan fingerprint density at radius 3 is 2.70 bits per heavy atom. The van der Waals surface area contributed by atoms with Crippen molar-refractivity contribution in [1.82, 2.24) is 15.6 Å². The normalized spacial score (nSPS) is 15.2. The second-order valence-electron chi connectivity index (χ2n) is 7.24. The van der Waals surface area contributed by atoms with Crippen LogP contribution in [0.4, 0.5) is 10.2 Å². The number of anilines is 1. The van der Waals surface area contributed by atoms with Crippen LogP contribution in [-0.2, 0) is 6.54 Å². The number of halogens is 2. The highest BCUT2D eigenvalue weighted by molar-refractivity contribution is 14.0. The summed E-state index contributed by atoms with van der Waals surface area (Å²) < 4.78 is 19.4. The summed E-state index contributed by atoms with van der Waals surface area (Å²) in [7, 11) is 1.73. The number of guanidine groups is 1. The highest BCUT2D eigenvalue weighted by atomic mass is 127. The first-order chi connectivity index (χ1) is 14.2. The molecule has 0 amide bonds. The summed E-state index contributed by atoms with van der Waals surface area (Å²) in [6.45, 7) is 5.19. The molecule has 0 saturated carbocycles. The Morgan fingerprint density at radius 2 is 1.97 bits per heavy atom. The van der Waals surface area contributed by atoms with Gasteiger partial charge in [0, 0.05) is 32.9 Å². The molecule has 1 aromatic heterocycles. The molecular weight excluding hydrogens is 496 g/mol. The first-order valence-corrected chi connectivity index (χ1v) is 10.2. The van der Waals surface area contributed by atoms with E-state index < -0.39 is 0 Å². The summed E-state index contributed by atoms with van der Waals surface area (Å²) in [6, 6.07) is 10.6. The van der Waals surface area contributed by atoms with Gasteiger partial charge in [-0.25, -0.2) is 9.37 Å². The molecule has 0 spiro atoms. The standard InChI is InChI=1S/C22H30FN5O.HI/c1-17(29-20-9-5-4-8-19(20)23)15-26-22(24-2)27-16-18-10-11-25-21(14-18)28-12-6-3-7-13-28;/h4-5,8-11,14,17H,3,6-7,12-13,15-16H2,1-2H3,(H2,24,26,27);1H. The Labute approximate surface area is 195 Å². The largest absolute Gasteiger partial charge is 0.486 e. The van der Waals surface area contributed by atoms with Crippen LogP contribution in [0.5, 0.6) is 5.75 Å². The summed E-state index contributed by atoms with van der Waals surface area (Å²) >= 11 is 0. The van der Waals surface area contributed by atoms with E-state index in [0.717, 1.165) is 24.5 Å². The number of piperidine rings is 1. The van der Waals surface area contributed by atoms with Gasteiger partial charge < -0.3 is 20.3 Å². The first-order valence-electron chi connectivity index (χ1n) is 10.2. The number of rotatable bonds is 7. The second kappa shape index (κ2) is 12.6. The van der Waals surface area contributed by atoms with Gasteiger partial charge in [-0.2, -0.15) is 0 Å². The van der Waals surface area contributed by atoms with Crippen molar-refractivity contribution >= 4 is 35.8 Å². The molecule has 2 aromatic rings. The molecule has 3 rings (SSSR count). The van der Waals surface area contributed by atoms with E-state index in [-0.39, 0.29) is 41.6 Å². The van der Waals surface area contributed by atoms with Crippen molar-refractivity contribution in [3.63, 3.8) is 0 Å². The van der Waals surface area contributed by atoms with E-state index in [9.17, 15) is 4.39 Å². The minimum absolute atomic E-state index is 0. The van der Waals surface area contributed by atoms with E-state index in [2.05, 4.69) is 31.6 Å². The smallest absolute Gasteiger partial charge is 0.191 e. The molecule has 2 N–H and O–H groups in total. The molecule has 164 valence electrons. The van der Waals surface area contributed by atoms with Crippen molar-refractivity contribution in [2.75, 3.05) is 31.6 Å². The Hall–Kier alpha value is -2.10. The topological polar surface area (TPSA) is 61.8 Å². The molecule has 1 aliphatic rings. The Bertz CT molecular complexity index is 814. The zero-order valence-electron chi connectivity index (χ0n) is 17.6. The van der Waals surface area contributed by atoms with Gasteiger partial charge in [0.1, 0.15) is 11.9 Å². The Balaban J connectivity index is 0.00000320. The molecule has 1 saturated heterocycles. The van der Waals surface area contributed by atoms with Gasteiger partial charge in [-0.05, 0) is 56.0 Å². The van der Waals surface area contributed by atoms with E-state index in [1.54, 1.807) is 25.2 Å². The molecular formula is C22H31FIN5O. The van der Waals surface area contributed by atoms with Crippen LogP contribution in [0.3, 0.4) is 0 Å². The highest BCUT2D eigenvalue weighted by Crippen LogP contribution is 2.18. The van der Waals surface area contributed by atoms with Gasteiger partial charge in [-0.1, -0.05) is 12.1 Å². The van der Waals surface area contributed by atoms with Crippen molar-refractivity contribution in [1.29, 1.82) is 0 Å². The number of nitrogens with one attached hydrogen (secondary N) is 2. The predicted molar refractivity (Wildman–Crippen MR) is 130 cm³/mol. The van der Waals surface area contributed by atoms with Crippen LogP contribution in [0.2, 0.25) is 0 Å². The van der Waals surface area contributed by atoms with Gasteiger partial charge in [0.15, 0.2) is 17.5 Å². The van der Waals surface area contributed by atoms with Crippen molar-refractivity contribution < 1.29 is 9.13 Å². The van der Waals surface area contributed by atoms with Crippen LogP contribution in [0.15, 0.2) is 47.6 Å². The lowest BCUT2D eigenvalue weighted by Crippen LogP contribution is -2.41. The molecule has 1 aromatic carbocycles. The summed E-state index contributed by atoms with van der Waals surface area (Å²) in [6.07, 6.45) is 5.42. The fourth-order valence-electron chi connectivity index (χ4n) is 3.31. The zero-order valence-corrected chi connectivity index (χ0v) is 19.9. The number of benzene rings is 1. The maximum absolute atomic E-state index is 13.7. The number of ether oxygens (including phenoxy) is 1. The molecule has 30 heavy (non-hydrogen) atoms. The van der Waals surface area contributed by atoms with Crippen LogP contribution in [0.25, 0.3) is 0 Å². The van der Waals surface area contributed by atoms with Crippen molar-refractivity contribution in [3.8, 4) is 5.75 Å². The summed E-state index contributed by atoms with van der Waals surface area (Å²) in [5, 5.41) is 6.53. The van der Waals surface area contributed by atoms with Crippen LogP contribution < -0.4 is 20.3 Å². The molecule has 6 nitrogen and oxygen atoms in total. The van der Waals surface area contributed by atoms with Gasteiger partial charge in [0.2, 0.25) is 0 Å².